The Balaban J connectivity index is 2.10. The Morgan fingerprint density at radius 2 is 1.53 bits per heavy atom. The molecule has 0 saturated heterocycles. The first-order valence-electron chi connectivity index (χ1n) is 9.76. The van der Waals surface area contributed by atoms with Crippen LogP contribution in [-0.4, -0.2) is 0 Å². The van der Waals surface area contributed by atoms with E-state index < -0.39 is 11.7 Å². The van der Waals surface area contributed by atoms with Crippen molar-refractivity contribution >= 4 is 10.9 Å². The Morgan fingerprint density at radius 3 is 2.23 bits per heavy atom. The van der Waals surface area contributed by atoms with Gasteiger partial charge in [-0.25, -0.2) is 0 Å². The van der Waals surface area contributed by atoms with Crippen LogP contribution in [0.25, 0.3) is 27.8 Å². The Bertz CT molecular complexity index is 1270. The monoisotopic (exact) mass is 408 g/mol. The van der Waals surface area contributed by atoms with Crippen LogP contribution < -0.4 is 9.13 Å². The van der Waals surface area contributed by atoms with Crippen molar-refractivity contribution in [2.24, 2.45) is 7.05 Å². The topological polar surface area (TPSA) is 7.76 Å². The fourth-order valence-corrected chi connectivity index (χ4v) is 4.15. The summed E-state index contributed by atoms with van der Waals surface area (Å²) in [5.41, 5.74) is 4.82. The second-order valence-corrected chi connectivity index (χ2v) is 7.67. The van der Waals surface area contributed by atoms with Gasteiger partial charge in [-0.05, 0) is 32.0 Å². The summed E-state index contributed by atoms with van der Waals surface area (Å²) in [7, 11) is 1.91. The Hall–Kier alpha value is -3.21. The third kappa shape index (κ3) is 3.34. The molecule has 0 aliphatic heterocycles. The van der Waals surface area contributed by atoms with Gasteiger partial charge in [0.05, 0.1) is 11.1 Å². The van der Waals surface area contributed by atoms with E-state index in [0.717, 1.165) is 33.4 Å². The van der Waals surface area contributed by atoms with Crippen LogP contribution in [0.3, 0.4) is 0 Å². The van der Waals surface area contributed by atoms with Crippen LogP contribution in [0.2, 0.25) is 0 Å². The maximum absolute atomic E-state index is 13.8. The molecule has 152 valence electrons. The summed E-state index contributed by atoms with van der Waals surface area (Å²) in [5.74, 6) is 0. The molecule has 2 aromatic heterocycles. The lowest BCUT2D eigenvalue weighted by Crippen LogP contribution is -2.36. The van der Waals surface area contributed by atoms with Gasteiger partial charge in [0, 0.05) is 47.7 Å². The molecule has 0 saturated carbocycles. The highest BCUT2D eigenvalue weighted by atomic mass is 19.4. The molecular formula is C25H23F3N2+2. The van der Waals surface area contributed by atoms with Crippen LogP contribution in [0.5, 0.6) is 0 Å². The number of alkyl halides is 3. The van der Waals surface area contributed by atoms with Gasteiger partial charge in [0.15, 0.2) is 11.9 Å². The summed E-state index contributed by atoms with van der Waals surface area (Å²) in [6.45, 7) is 5.72. The second kappa shape index (κ2) is 7.24. The quantitative estimate of drug-likeness (QED) is 0.384. The van der Waals surface area contributed by atoms with E-state index in [-0.39, 0.29) is 0 Å². The minimum atomic E-state index is -4.44. The summed E-state index contributed by atoms with van der Waals surface area (Å²) in [6, 6.07) is 18.0. The molecule has 0 N–H and O–H groups in total. The SMILES string of the molecule is Cc1cc2ccccc2[n+](C)c1-c1cc(C(F)(F)F)cc(-[n+]2ccccc2C)c1C. The summed E-state index contributed by atoms with van der Waals surface area (Å²) in [4.78, 5) is 0. The van der Waals surface area contributed by atoms with Gasteiger partial charge < -0.3 is 0 Å². The normalized spacial score (nSPS) is 11.8. The van der Waals surface area contributed by atoms with E-state index in [1.165, 1.54) is 12.1 Å². The predicted molar refractivity (Wildman–Crippen MR) is 111 cm³/mol. The van der Waals surface area contributed by atoms with Crippen LogP contribution >= 0.6 is 0 Å². The van der Waals surface area contributed by atoms with Crippen molar-refractivity contribution in [1.82, 2.24) is 0 Å². The van der Waals surface area contributed by atoms with Gasteiger partial charge in [0.25, 0.3) is 0 Å². The van der Waals surface area contributed by atoms with Crippen LogP contribution in [-0.2, 0) is 13.2 Å². The van der Waals surface area contributed by atoms with Crippen LogP contribution in [0, 0.1) is 20.8 Å². The average Bonchev–Trinajstić information content (AvgIpc) is 2.69. The summed E-state index contributed by atoms with van der Waals surface area (Å²) in [6.07, 6.45) is -2.64. The van der Waals surface area contributed by atoms with Gasteiger partial charge >= 0.3 is 6.18 Å². The molecule has 5 heteroatoms. The molecule has 0 spiro atoms. The van der Waals surface area contributed by atoms with Crippen LogP contribution in [0.4, 0.5) is 13.2 Å². The number of pyridine rings is 2. The maximum atomic E-state index is 13.8. The number of halogens is 3. The lowest BCUT2D eigenvalue weighted by molar-refractivity contribution is -0.634. The number of benzene rings is 2. The van der Waals surface area contributed by atoms with Crippen LogP contribution in [0.1, 0.15) is 22.4 Å². The van der Waals surface area contributed by atoms with Crippen molar-refractivity contribution in [2.45, 2.75) is 26.9 Å². The lowest BCUT2D eigenvalue weighted by Gasteiger charge is -2.15. The van der Waals surface area contributed by atoms with E-state index in [4.69, 9.17) is 0 Å². The molecule has 0 aliphatic carbocycles. The zero-order chi connectivity index (χ0) is 21.6. The molecule has 0 fully saturated rings. The standard InChI is InChI=1S/C25H23F3N2/c1-16-13-19-10-5-6-11-22(19)29(4)24(16)21-14-20(25(26,27)28)15-23(18(21)3)30-12-8-7-9-17(30)2/h5-15H,1-4H3/q+2. The molecular weight excluding hydrogens is 385 g/mol. The first kappa shape index (κ1) is 20.1. The number of hydrogen-bond acceptors (Lipinski definition) is 0. The molecule has 2 heterocycles. The Labute approximate surface area is 173 Å². The minimum Gasteiger partial charge on any atom is -0.194 e. The van der Waals surface area contributed by atoms with Crippen molar-refractivity contribution in [3.05, 3.63) is 89.2 Å². The van der Waals surface area contributed by atoms with Gasteiger partial charge in [-0.2, -0.15) is 22.3 Å². The molecule has 2 nitrogen and oxygen atoms in total. The average molecular weight is 408 g/mol. The van der Waals surface area contributed by atoms with Crippen LogP contribution in [0.15, 0.2) is 66.9 Å². The van der Waals surface area contributed by atoms with Crippen molar-refractivity contribution in [3.63, 3.8) is 0 Å². The third-order valence-corrected chi connectivity index (χ3v) is 5.66. The highest BCUT2D eigenvalue weighted by molar-refractivity contribution is 5.80. The first-order chi connectivity index (χ1) is 14.2. The highest BCUT2D eigenvalue weighted by Gasteiger charge is 2.35. The van der Waals surface area contributed by atoms with E-state index in [2.05, 4.69) is 0 Å². The second-order valence-electron chi connectivity index (χ2n) is 7.67. The number of nitrogens with zero attached hydrogens (tertiary/aromatic N) is 2. The smallest absolute Gasteiger partial charge is 0.194 e. The minimum absolute atomic E-state index is 0.533. The number of rotatable bonds is 2. The molecule has 0 amide bonds. The van der Waals surface area contributed by atoms with E-state index in [0.29, 0.717) is 11.3 Å². The van der Waals surface area contributed by atoms with E-state index in [9.17, 15) is 13.2 Å². The third-order valence-electron chi connectivity index (χ3n) is 5.66. The zero-order valence-corrected chi connectivity index (χ0v) is 17.4. The summed E-state index contributed by atoms with van der Waals surface area (Å²) in [5, 5.41) is 1.05. The predicted octanol–water partition coefficient (Wildman–Crippen LogP) is 5.55. The fraction of sp³-hybridized carbons (Fsp3) is 0.200. The molecule has 0 bridgehead atoms. The molecule has 0 unspecified atom stereocenters. The molecule has 0 atom stereocenters. The van der Waals surface area contributed by atoms with Gasteiger partial charge in [0.2, 0.25) is 16.9 Å². The zero-order valence-electron chi connectivity index (χ0n) is 17.4. The Morgan fingerprint density at radius 1 is 0.833 bits per heavy atom. The summed E-state index contributed by atoms with van der Waals surface area (Å²) < 4.78 is 45.3. The number of aromatic nitrogens is 2. The van der Waals surface area contributed by atoms with Gasteiger partial charge in [0.1, 0.15) is 7.05 Å². The summed E-state index contributed by atoms with van der Waals surface area (Å²) >= 11 is 0. The largest absolute Gasteiger partial charge is 0.416 e. The number of aryl methyl sites for hydroxylation is 3. The van der Waals surface area contributed by atoms with Gasteiger partial charge in [-0.1, -0.05) is 18.2 Å². The number of para-hydroxylation sites is 1. The van der Waals surface area contributed by atoms with E-state index >= 15 is 0 Å². The molecule has 2 aromatic carbocycles. The lowest BCUT2D eigenvalue weighted by atomic mass is 9.95. The van der Waals surface area contributed by atoms with E-state index in [1.807, 2.05) is 85.5 Å². The maximum Gasteiger partial charge on any atom is 0.416 e. The number of fused-ring (bicyclic) bond motifs is 1. The molecule has 4 rings (SSSR count). The molecule has 0 radical (unpaired) electrons. The highest BCUT2D eigenvalue weighted by Crippen LogP contribution is 2.36. The van der Waals surface area contributed by atoms with E-state index in [1.54, 1.807) is 6.20 Å². The molecule has 4 aromatic rings. The molecule has 30 heavy (non-hydrogen) atoms. The fourth-order valence-electron chi connectivity index (χ4n) is 4.15. The van der Waals surface area contributed by atoms with Crippen molar-refractivity contribution in [2.75, 3.05) is 0 Å². The Kier molecular flexibility index (Phi) is 4.85. The van der Waals surface area contributed by atoms with Crippen molar-refractivity contribution in [1.29, 1.82) is 0 Å². The van der Waals surface area contributed by atoms with Gasteiger partial charge in [-0.15, -0.1) is 0 Å². The molecule has 0 aliphatic rings. The first-order valence-corrected chi connectivity index (χ1v) is 9.76. The van der Waals surface area contributed by atoms with Gasteiger partial charge in [-0.3, -0.25) is 0 Å². The number of hydrogen-bond donors (Lipinski definition) is 0. The van der Waals surface area contributed by atoms with Crippen molar-refractivity contribution < 1.29 is 22.3 Å². The van der Waals surface area contributed by atoms with Crippen molar-refractivity contribution in [3.8, 4) is 16.9 Å².